The smallest absolute Gasteiger partial charge is 0.137 e. The third kappa shape index (κ3) is 7.30. The van der Waals surface area contributed by atoms with Crippen LogP contribution >= 0.6 is 23.2 Å². The Labute approximate surface area is 211 Å². The van der Waals surface area contributed by atoms with Crippen molar-refractivity contribution in [2.45, 2.75) is 110 Å². The fourth-order valence-electron chi connectivity index (χ4n) is 4.49. The van der Waals surface area contributed by atoms with Gasteiger partial charge in [0.25, 0.3) is 0 Å². The zero-order chi connectivity index (χ0) is 24.8. The maximum Gasteiger partial charge on any atom is 0.137 e. The molecule has 2 N–H and O–H groups in total. The van der Waals surface area contributed by atoms with Crippen molar-refractivity contribution in [3.63, 3.8) is 0 Å². The average Bonchev–Trinajstić information content (AvgIpc) is 2.74. The molecule has 0 saturated carbocycles. The van der Waals surface area contributed by atoms with E-state index in [2.05, 4.69) is 41.5 Å². The van der Waals surface area contributed by atoms with Crippen molar-refractivity contribution in [2.24, 2.45) is 0 Å². The summed E-state index contributed by atoms with van der Waals surface area (Å²) in [5.41, 5.74) is 3.55. The average molecular weight is 494 g/mol. The Balaban J connectivity index is 2.42. The maximum atomic E-state index is 10.7. The Morgan fingerprint density at radius 2 is 1.00 bits per heavy atom. The lowest BCUT2D eigenvalue weighted by molar-refractivity contribution is 0.442. The molecule has 0 aromatic heterocycles. The van der Waals surface area contributed by atoms with Gasteiger partial charge in [-0.1, -0.05) is 115 Å². The molecule has 184 valence electrons. The first-order valence-electron chi connectivity index (χ1n) is 12.5. The number of hydrogen-bond acceptors (Lipinski definition) is 2. The number of hydrogen-bond donors (Lipinski definition) is 2. The molecule has 2 rings (SSSR count). The molecule has 0 heterocycles. The molecule has 0 amide bonds. The summed E-state index contributed by atoms with van der Waals surface area (Å²) >= 11 is 12.9. The molecule has 0 aliphatic heterocycles. The minimum atomic E-state index is -0.0515. The monoisotopic (exact) mass is 492 g/mol. The summed E-state index contributed by atoms with van der Waals surface area (Å²) in [7, 11) is 0. The van der Waals surface area contributed by atoms with E-state index >= 15 is 0 Å². The van der Waals surface area contributed by atoms with Crippen LogP contribution in [0.1, 0.15) is 115 Å². The van der Waals surface area contributed by atoms with Crippen molar-refractivity contribution in [2.75, 3.05) is 0 Å². The highest BCUT2D eigenvalue weighted by Crippen LogP contribution is 2.41. The predicted molar refractivity (Wildman–Crippen MR) is 143 cm³/mol. The number of rotatable bonds is 12. The van der Waals surface area contributed by atoms with E-state index in [1.54, 1.807) is 0 Å². The van der Waals surface area contributed by atoms with E-state index < -0.39 is 0 Å². The fourth-order valence-corrected chi connectivity index (χ4v) is 4.97. The SMILES string of the molecule is CCCCCC(C)(C)c1cc(Cl)c(O)c(Cc2cc(C(C)(C)CCCCC)cc(Cl)c2O)c1. The molecular formula is C29H42Cl2O2. The van der Waals surface area contributed by atoms with Crippen LogP contribution < -0.4 is 0 Å². The van der Waals surface area contributed by atoms with E-state index in [4.69, 9.17) is 23.2 Å². The van der Waals surface area contributed by atoms with Gasteiger partial charge in [0, 0.05) is 17.5 Å². The van der Waals surface area contributed by atoms with E-state index in [1.807, 2.05) is 24.3 Å². The van der Waals surface area contributed by atoms with Crippen LogP contribution in [-0.2, 0) is 17.3 Å². The topological polar surface area (TPSA) is 40.5 Å². The Kier molecular flexibility index (Phi) is 10.0. The van der Waals surface area contributed by atoms with E-state index in [9.17, 15) is 10.2 Å². The van der Waals surface area contributed by atoms with Crippen molar-refractivity contribution in [1.29, 1.82) is 0 Å². The molecule has 2 aromatic rings. The van der Waals surface area contributed by atoms with Gasteiger partial charge >= 0.3 is 0 Å². The minimum Gasteiger partial charge on any atom is -0.506 e. The van der Waals surface area contributed by atoms with Gasteiger partial charge in [-0.3, -0.25) is 0 Å². The van der Waals surface area contributed by atoms with Crippen LogP contribution in [0.5, 0.6) is 11.5 Å². The van der Waals surface area contributed by atoms with E-state index in [1.165, 1.54) is 25.7 Å². The Morgan fingerprint density at radius 3 is 1.33 bits per heavy atom. The summed E-state index contributed by atoms with van der Waals surface area (Å²) in [6, 6.07) is 7.85. The van der Waals surface area contributed by atoms with Crippen molar-refractivity contribution in [1.82, 2.24) is 0 Å². The van der Waals surface area contributed by atoms with E-state index in [0.717, 1.165) is 36.8 Å². The largest absolute Gasteiger partial charge is 0.506 e. The minimum absolute atomic E-state index is 0.0515. The van der Waals surface area contributed by atoms with Crippen LogP contribution in [-0.4, -0.2) is 10.2 Å². The summed E-state index contributed by atoms with van der Waals surface area (Å²) in [6.07, 6.45) is 9.57. The summed E-state index contributed by atoms with van der Waals surface area (Å²) in [4.78, 5) is 0. The van der Waals surface area contributed by atoms with Gasteiger partial charge in [0.1, 0.15) is 11.5 Å². The second-order valence-corrected chi connectivity index (χ2v) is 11.6. The Morgan fingerprint density at radius 1 is 0.636 bits per heavy atom. The second-order valence-electron chi connectivity index (χ2n) is 10.8. The number of halogens is 2. The molecule has 0 aliphatic rings. The van der Waals surface area contributed by atoms with Gasteiger partial charge in [-0.25, -0.2) is 0 Å². The third-order valence-corrected chi connectivity index (χ3v) is 7.62. The molecule has 0 saturated heterocycles. The molecule has 0 bridgehead atoms. The molecule has 2 nitrogen and oxygen atoms in total. The van der Waals surface area contributed by atoms with Gasteiger partial charge in [-0.2, -0.15) is 0 Å². The van der Waals surface area contributed by atoms with E-state index in [-0.39, 0.29) is 22.3 Å². The molecule has 4 heteroatoms. The van der Waals surface area contributed by atoms with Crippen LogP contribution in [0.2, 0.25) is 10.0 Å². The van der Waals surface area contributed by atoms with Gasteiger partial charge in [0.15, 0.2) is 0 Å². The highest BCUT2D eigenvalue weighted by atomic mass is 35.5. The third-order valence-electron chi connectivity index (χ3n) is 7.04. The predicted octanol–water partition coefficient (Wildman–Crippen LogP) is 9.71. The molecule has 0 radical (unpaired) electrons. The lowest BCUT2D eigenvalue weighted by Crippen LogP contribution is -2.18. The van der Waals surface area contributed by atoms with Crippen LogP contribution in [0.4, 0.5) is 0 Å². The summed E-state index contributed by atoms with van der Waals surface area (Å²) in [5.74, 6) is 0.154. The molecule has 0 spiro atoms. The number of phenolic OH excluding ortho intramolecular Hbond substituents is 2. The number of phenols is 2. The lowest BCUT2D eigenvalue weighted by atomic mass is 9.78. The van der Waals surface area contributed by atoms with Crippen molar-refractivity contribution in [3.05, 3.63) is 56.6 Å². The fraction of sp³-hybridized carbons (Fsp3) is 0.586. The van der Waals surface area contributed by atoms with Gasteiger partial charge in [-0.15, -0.1) is 0 Å². The quantitative estimate of drug-likeness (QED) is 0.289. The van der Waals surface area contributed by atoms with Gasteiger partial charge < -0.3 is 10.2 Å². The molecule has 0 aliphatic carbocycles. The van der Waals surface area contributed by atoms with Gasteiger partial charge in [0.05, 0.1) is 10.0 Å². The highest BCUT2D eigenvalue weighted by Gasteiger charge is 2.25. The van der Waals surface area contributed by atoms with Gasteiger partial charge in [-0.05, 0) is 46.9 Å². The molecule has 0 fully saturated rings. The standard InChI is InChI=1S/C29H42Cl2O2/c1-7-9-11-13-28(3,4)22-16-20(26(32)24(30)18-22)15-21-17-23(19-25(31)27(21)33)29(5,6)14-12-10-8-2/h16-19,32-33H,7-15H2,1-6H3. The molecule has 0 atom stereocenters. The zero-order valence-corrected chi connectivity index (χ0v) is 22.8. The first-order valence-corrected chi connectivity index (χ1v) is 13.2. The molecule has 2 aromatic carbocycles. The number of benzene rings is 2. The summed E-state index contributed by atoms with van der Waals surface area (Å²) in [5, 5.41) is 22.2. The van der Waals surface area contributed by atoms with Crippen LogP contribution in [0.15, 0.2) is 24.3 Å². The molecular weight excluding hydrogens is 451 g/mol. The van der Waals surface area contributed by atoms with Crippen LogP contribution in [0, 0.1) is 0 Å². The number of aromatic hydroxyl groups is 2. The maximum absolute atomic E-state index is 10.7. The van der Waals surface area contributed by atoms with Crippen LogP contribution in [0.25, 0.3) is 0 Å². The Bertz CT molecular complexity index is 856. The first kappa shape index (κ1) is 27.9. The number of unbranched alkanes of at least 4 members (excludes halogenated alkanes) is 4. The van der Waals surface area contributed by atoms with Gasteiger partial charge in [0.2, 0.25) is 0 Å². The van der Waals surface area contributed by atoms with E-state index in [0.29, 0.717) is 27.6 Å². The normalized spacial score (nSPS) is 12.4. The zero-order valence-electron chi connectivity index (χ0n) is 21.3. The Hall–Kier alpha value is -1.38. The lowest BCUT2D eigenvalue weighted by Gasteiger charge is -2.28. The highest BCUT2D eigenvalue weighted by molar-refractivity contribution is 6.32. The van der Waals surface area contributed by atoms with Crippen LogP contribution in [0.3, 0.4) is 0 Å². The summed E-state index contributed by atoms with van der Waals surface area (Å²) in [6.45, 7) is 13.3. The molecule has 0 unspecified atom stereocenters. The van der Waals surface area contributed by atoms with Crippen molar-refractivity contribution >= 4 is 23.2 Å². The first-order chi connectivity index (χ1) is 15.4. The second kappa shape index (κ2) is 11.8. The summed E-state index contributed by atoms with van der Waals surface area (Å²) < 4.78 is 0. The molecule has 33 heavy (non-hydrogen) atoms. The van der Waals surface area contributed by atoms with Crippen molar-refractivity contribution < 1.29 is 10.2 Å². The van der Waals surface area contributed by atoms with Crippen molar-refractivity contribution in [3.8, 4) is 11.5 Å².